The Morgan fingerprint density at radius 1 is 1.37 bits per heavy atom. The Balaban J connectivity index is 2.03. The Morgan fingerprint density at radius 3 is 2.68 bits per heavy atom. The Morgan fingerprint density at radius 2 is 2.05 bits per heavy atom. The summed E-state index contributed by atoms with van der Waals surface area (Å²) >= 11 is 1.31. The van der Waals surface area contributed by atoms with E-state index in [-0.39, 0.29) is 36.2 Å². The van der Waals surface area contributed by atoms with Crippen LogP contribution in [0.1, 0.15) is 0 Å². The lowest BCUT2D eigenvalue weighted by Crippen LogP contribution is -2.40. The quantitative estimate of drug-likeness (QED) is 0.593. The minimum atomic E-state index is -3.02. The molecule has 2 aromatic heterocycles. The van der Waals surface area contributed by atoms with E-state index in [2.05, 4.69) is 4.98 Å². The lowest BCUT2D eigenvalue weighted by Gasteiger charge is -2.25. The molecule has 0 aromatic carbocycles. The molecule has 3 heterocycles. The maximum Gasteiger partial charge on any atom is 0.373 e. The van der Waals surface area contributed by atoms with Gasteiger partial charge in [-0.1, -0.05) is 11.3 Å². The lowest BCUT2D eigenvalue weighted by molar-refractivity contribution is -0.389. The lowest BCUT2D eigenvalue weighted by atomic mass is 10.4. The molecule has 0 atom stereocenters. The normalized spacial score (nSPS) is 18.8. The smallest absolute Gasteiger partial charge is 0.358 e. The Kier molecular flexibility index (Phi) is 2.71. The number of imidazole rings is 1. The summed E-state index contributed by atoms with van der Waals surface area (Å²) < 4.78 is 24.2. The Hall–Kier alpha value is -1.68. The summed E-state index contributed by atoms with van der Waals surface area (Å²) in [5.41, 5.74) is 0. The number of fused-ring (bicyclic) bond motifs is 1. The second kappa shape index (κ2) is 4.17. The molecular weight excluding hydrogens is 292 g/mol. The number of thiazole rings is 1. The molecule has 1 aliphatic heterocycles. The molecule has 0 unspecified atom stereocenters. The second-order valence-electron chi connectivity index (χ2n) is 4.21. The van der Waals surface area contributed by atoms with E-state index in [9.17, 15) is 18.5 Å². The van der Waals surface area contributed by atoms with Crippen molar-refractivity contribution in [2.75, 3.05) is 29.5 Å². The first-order chi connectivity index (χ1) is 8.98. The highest BCUT2D eigenvalue weighted by Gasteiger charge is 2.31. The molecule has 0 radical (unpaired) electrons. The zero-order valence-electron chi connectivity index (χ0n) is 9.72. The largest absolute Gasteiger partial charge is 0.373 e. The van der Waals surface area contributed by atoms with Gasteiger partial charge in [-0.15, -0.1) is 0 Å². The molecule has 0 bridgehead atoms. The maximum absolute atomic E-state index is 11.4. The predicted molar refractivity (Wildman–Crippen MR) is 70.6 cm³/mol. The van der Waals surface area contributed by atoms with E-state index in [1.165, 1.54) is 15.7 Å². The van der Waals surface area contributed by atoms with Gasteiger partial charge in [0, 0.05) is 18.5 Å². The molecule has 1 fully saturated rings. The molecule has 0 spiro atoms. The summed E-state index contributed by atoms with van der Waals surface area (Å²) in [5, 5.41) is 12.9. The monoisotopic (exact) mass is 302 g/mol. The third kappa shape index (κ3) is 2.06. The van der Waals surface area contributed by atoms with Crippen LogP contribution in [0.2, 0.25) is 0 Å². The van der Waals surface area contributed by atoms with Gasteiger partial charge in [0.05, 0.1) is 11.5 Å². The van der Waals surface area contributed by atoms with E-state index in [0.717, 1.165) is 0 Å². The molecule has 0 amide bonds. The molecule has 1 saturated heterocycles. The van der Waals surface area contributed by atoms with Gasteiger partial charge >= 0.3 is 5.82 Å². The van der Waals surface area contributed by atoms with E-state index < -0.39 is 14.8 Å². The van der Waals surface area contributed by atoms with Crippen LogP contribution in [-0.4, -0.2) is 47.3 Å². The first-order valence-corrected chi connectivity index (χ1v) is 8.23. The highest BCUT2D eigenvalue weighted by Crippen LogP contribution is 2.31. The minimum Gasteiger partial charge on any atom is -0.358 e. The van der Waals surface area contributed by atoms with Gasteiger partial charge in [-0.3, -0.25) is 0 Å². The molecule has 8 nitrogen and oxygen atoms in total. The van der Waals surface area contributed by atoms with Crippen molar-refractivity contribution in [3.05, 3.63) is 21.7 Å². The zero-order valence-corrected chi connectivity index (χ0v) is 11.4. The summed E-state index contributed by atoms with van der Waals surface area (Å²) in [5.74, 6) is 0.173. The van der Waals surface area contributed by atoms with E-state index in [1.54, 1.807) is 16.5 Å². The van der Waals surface area contributed by atoms with Crippen molar-refractivity contribution in [3.8, 4) is 0 Å². The van der Waals surface area contributed by atoms with Crippen molar-refractivity contribution in [2.45, 2.75) is 0 Å². The van der Waals surface area contributed by atoms with Crippen LogP contribution in [0.15, 0.2) is 11.6 Å². The fourth-order valence-electron chi connectivity index (χ4n) is 2.07. The van der Waals surface area contributed by atoms with Crippen molar-refractivity contribution in [1.29, 1.82) is 0 Å². The average molecular weight is 302 g/mol. The Bertz CT molecular complexity index is 733. The highest BCUT2D eigenvalue weighted by atomic mass is 32.2. The Labute approximate surface area is 112 Å². The zero-order chi connectivity index (χ0) is 13.6. The van der Waals surface area contributed by atoms with E-state index >= 15 is 0 Å². The van der Waals surface area contributed by atoms with Crippen molar-refractivity contribution in [1.82, 2.24) is 9.38 Å². The van der Waals surface area contributed by atoms with E-state index in [0.29, 0.717) is 4.96 Å². The van der Waals surface area contributed by atoms with Crippen molar-refractivity contribution >= 4 is 37.8 Å². The van der Waals surface area contributed by atoms with E-state index in [1.807, 2.05) is 0 Å². The van der Waals surface area contributed by atoms with Gasteiger partial charge in [0.1, 0.15) is 6.20 Å². The number of sulfone groups is 1. The second-order valence-corrected chi connectivity index (χ2v) is 7.39. The van der Waals surface area contributed by atoms with Crippen molar-refractivity contribution < 1.29 is 13.3 Å². The van der Waals surface area contributed by atoms with Gasteiger partial charge < -0.3 is 15.0 Å². The molecule has 1 aliphatic rings. The van der Waals surface area contributed by atoms with Crippen molar-refractivity contribution in [2.24, 2.45) is 0 Å². The van der Waals surface area contributed by atoms with Crippen LogP contribution in [0, 0.1) is 10.1 Å². The number of nitro groups is 1. The van der Waals surface area contributed by atoms with Crippen LogP contribution in [0.4, 0.5) is 11.6 Å². The molecule has 0 N–H and O–H groups in total. The molecule has 2 aromatic rings. The summed E-state index contributed by atoms with van der Waals surface area (Å²) in [6.07, 6.45) is 1.59. The highest BCUT2D eigenvalue weighted by molar-refractivity contribution is 7.91. The van der Waals surface area contributed by atoms with Gasteiger partial charge in [-0.05, 0) is 4.92 Å². The molecule has 3 rings (SSSR count). The number of hydrogen-bond donors (Lipinski definition) is 0. The SMILES string of the molecule is O=[N+]([O-])c1c(N2CCS(=O)(=O)CC2)nc2sccn12. The first kappa shape index (κ1) is 12.4. The molecule has 19 heavy (non-hydrogen) atoms. The molecule has 0 aliphatic carbocycles. The number of anilines is 1. The summed E-state index contributed by atoms with van der Waals surface area (Å²) in [6, 6.07) is 0. The first-order valence-electron chi connectivity index (χ1n) is 5.53. The number of rotatable bonds is 2. The van der Waals surface area contributed by atoms with Gasteiger partial charge in [0.25, 0.3) is 4.96 Å². The summed E-state index contributed by atoms with van der Waals surface area (Å²) in [7, 11) is -3.02. The van der Waals surface area contributed by atoms with Crippen LogP contribution < -0.4 is 4.90 Å². The van der Waals surface area contributed by atoms with Crippen LogP contribution in [0.25, 0.3) is 4.96 Å². The molecular formula is C9H10N4O4S2. The fourth-order valence-corrected chi connectivity index (χ4v) is 3.97. The van der Waals surface area contributed by atoms with Gasteiger partial charge in [-0.2, -0.15) is 9.38 Å². The van der Waals surface area contributed by atoms with Gasteiger partial charge in [0.15, 0.2) is 9.84 Å². The number of hydrogen-bond acceptors (Lipinski definition) is 7. The summed E-state index contributed by atoms with van der Waals surface area (Å²) in [6.45, 7) is 0.488. The number of nitrogens with zero attached hydrogens (tertiary/aromatic N) is 4. The molecule has 10 heteroatoms. The third-order valence-corrected chi connectivity index (χ3v) is 5.40. The van der Waals surface area contributed by atoms with Gasteiger partial charge in [0.2, 0.25) is 5.82 Å². The predicted octanol–water partition coefficient (Wildman–Crippen LogP) is 0.539. The minimum absolute atomic E-state index is 0.00926. The van der Waals surface area contributed by atoms with Crippen LogP contribution in [0.5, 0.6) is 0 Å². The number of aromatic nitrogens is 2. The van der Waals surface area contributed by atoms with Crippen LogP contribution in [0.3, 0.4) is 0 Å². The van der Waals surface area contributed by atoms with Crippen LogP contribution in [-0.2, 0) is 9.84 Å². The van der Waals surface area contributed by atoms with Gasteiger partial charge in [-0.25, -0.2) is 8.42 Å². The van der Waals surface area contributed by atoms with Crippen LogP contribution >= 0.6 is 11.3 Å². The fraction of sp³-hybridized carbons (Fsp3) is 0.444. The van der Waals surface area contributed by atoms with Crippen molar-refractivity contribution in [3.63, 3.8) is 0 Å². The topological polar surface area (TPSA) is 97.8 Å². The maximum atomic E-state index is 11.4. The molecule has 102 valence electrons. The third-order valence-electron chi connectivity index (χ3n) is 3.04. The molecule has 0 saturated carbocycles. The standard InChI is InChI=1S/C9H10N4O4S2/c14-13(15)8-7(10-9-12(8)1-4-18-9)11-2-5-19(16,17)6-3-11/h1,4H,2-3,5-6H2. The average Bonchev–Trinajstić information content (AvgIpc) is 2.87. The summed E-state index contributed by atoms with van der Waals surface area (Å²) in [4.78, 5) is 17.1. The van der Waals surface area contributed by atoms with E-state index in [4.69, 9.17) is 0 Å².